The van der Waals surface area contributed by atoms with E-state index in [4.69, 9.17) is 5.11 Å². The predicted octanol–water partition coefficient (Wildman–Crippen LogP) is 2.31. The summed E-state index contributed by atoms with van der Waals surface area (Å²) in [6, 6.07) is 8.42. The maximum absolute atomic E-state index is 10.7. The van der Waals surface area contributed by atoms with Crippen LogP contribution in [0.5, 0.6) is 0 Å². The molecule has 1 N–H and O–H groups in total. The summed E-state index contributed by atoms with van der Waals surface area (Å²) >= 11 is 0. The Morgan fingerprint density at radius 2 is 2.20 bits per heavy atom. The third kappa shape index (κ3) is 3.61. The van der Waals surface area contributed by atoms with Crippen molar-refractivity contribution in [3.8, 4) is 0 Å². The number of carboxylic acids is 1. The zero-order valence-electron chi connectivity index (χ0n) is 12.1. The lowest BCUT2D eigenvalue weighted by molar-refractivity contribution is -0.131. The van der Waals surface area contributed by atoms with Gasteiger partial charge in [0.05, 0.1) is 0 Å². The molecule has 2 rings (SSSR count). The minimum Gasteiger partial charge on any atom is -0.478 e. The summed E-state index contributed by atoms with van der Waals surface area (Å²) in [5.41, 5.74) is 2.04. The lowest BCUT2D eigenvalue weighted by atomic mass is 10.0. The number of carboxylic acid groups (broad SMARTS) is 1. The first-order chi connectivity index (χ1) is 9.58. The van der Waals surface area contributed by atoms with Crippen LogP contribution in [0.2, 0.25) is 0 Å². The van der Waals surface area contributed by atoms with Crippen molar-refractivity contribution in [2.75, 3.05) is 32.1 Å². The van der Waals surface area contributed by atoms with Crippen molar-refractivity contribution in [1.82, 2.24) is 4.90 Å². The van der Waals surface area contributed by atoms with Crippen LogP contribution in [0.15, 0.2) is 30.3 Å². The SMILES string of the molecule is CN1CCCC(N(C)c2ccccc2C=CC(=O)O)C1. The molecule has 1 aromatic rings. The van der Waals surface area contributed by atoms with Crippen LogP contribution in [-0.2, 0) is 4.79 Å². The Labute approximate surface area is 120 Å². The van der Waals surface area contributed by atoms with Crippen LogP contribution >= 0.6 is 0 Å². The van der Waals surface area contributed by atoms with Crippen molar-refractivity contribution in [2.24, 2.45) is 0 Å². The molecule has 0 spiro atoms. The maximum atomic E-state index is 10.7. The summed E-state index contributed by atoms with van der Waals surface area (Å²) in [4.78, 5) is 15.3. The largest absolute Gasteiger partial charge is 0.478 e. The van der Waals surface area contributed by atoms with Crippen molar-refractivity contribution in [2.45, 2.75) is 18.9 Å². The van der Waals surface area contributed by atoms with Gasteiger partial charge in [-0.3, -0.25) is 0 Å². The minimum atomic E-state index is -0.917. The number of para-hydroxylation sites is 1. The molecule has 1 aromatic carbocycles. The number of piperidine rings is 1. The van der Waals surface area contributed by atoms with Gasteiger partial charge in [0.15, 0.2) is 0 Å². The molecule has 20 heavy (non-hydrogen) atoms. The van der Waals surface area contributed by atoms with E-state index in [1.54, 1.807) is 6.08 Å². The van der Waals surface area contributed by atoms with E-state index in [-0.39, 0.29) is 0 Å². The molecule has 1 aliphatic rings. The number of benzene rings is 1. The van der Waals surface area contributed by atoms with Crippen LogP contribution in [0.3, 0.4) is 0 Å². The number of aliphatic carboxylic acids is 1. The number of rotatable bonds is 4. The predicted molar refractivity (Wildman–Crippen MR) is 82.0 cm³/mol. The lowest BCUT2D eigenvalue weighted by Crippen LogP contribution is -2.45. The molecule has 0 aliphatic carbocycles. The fourth-order valence-corrected chi connectivity index (χ4v) is 2.76. The van der Waals surface area contributed by atoms with Crippen LogP contribution in [0.25, 0.3) is 6.08 Å². The number of hydrogen-bond donors (Lipinski definition) is 1. The fraction of sp³-hybridized carbons (Fsp3) is 0.438. The van der Waals surface area contributed by atoms with Gasteiger partial charge in [-0.2, -0.15) is 0 Å². The Bertz CT molecular complexity index is 499. The van der Waals surface area contributed by atoms with Gasteiger partial charge in [0, 0.05) is 31.4 Å². The molecule has 1 unspecified atom stereocenters. The molecule has 1 atom stereocenters. The molecular weight excluding hydrogens is 252 g/mol. The molecule has 0 bridgehead atoms. The second kappa shape index (κ2) is 6.57. The van der Waals surface area contributed by atoms with Gasteiger partial charge in [0.1, 0.15) is 0 Å². The summed E-state index contributed by atoms with van der Waals surface area (Å²) in [6.07, 6.45) is 5.25. The van der Waals surface area contributed by atoms with E-state index in [1.807, 2.05) is 18.2 Å². The Kier molecular flexibility index (Phi) is 4.79. The van der Waals surface area contributed by atoms with Gasteiger partial charge >= 0.3 is 5.97 Å². The first kappa shape index (κ1) is 14.6. The minimum absolute atomic E-state index is 0.480. The molecule has 108 valence electrons. The van der Waals surface area contributed by atoms with E-state index in [9.17, 15) is 4.79 Å². The smallest absolute Gasteiger partial charge is 0.328 e. The standard InChI is InChI=1S/C16H22N2O2/c1-17-11-5-7-14(12-17)18(2)15-8-4-3-6-13(15)9-10-16(19)20/h3-4,6,8-10,14H,5,7,11-12H2,1-2H3,(H,19,20). The van der Waals surface area contributed by atoms with E-state index < -0.39 is 5.97 Å². The van der Waals surface area contributed by atoms with Crippen LogP contribution in [0, 0.1) is 0 Å². The van der Waals surface area contributed by atoms with Crippen LogP contribution < -0.4 is 4.90 Å². The topological polar surface area (TPSA) is 43.8 Å². The molecule has 1 saturated heterocycles. The molecule has 0 amide bonds. The molecule has 1 aliphatic heterocycles. The molecule has 1 heterocycles. The van der Waals surface area contributed by atoms with Crippen molar-refractivity contribution in [3.05, 3.63) is 35.9 Å². The average Bonchev–Trinajstić information content (AvgIpc) is 2.44. The Morgan fingerprint density at radius 1 is 1.45 bits per heavy atom. The molecule has 4 heteroatoms. The van der Waals surface area contributed by atoms with E-state index in [0.29, 0.717) is 6.04 Å². The summed E-state index contributed by atoms with van der Waals surface area (Å²) < 4.78 is 0. The first-order valence-corrected chi connectivity index (χ1v) is 6.99. The lowest BCUT2D eigenvalue weighted by Gasteiger charge is -2.37. The average molecular weight is 274 g/mol. The van der Waals surface area contributed by atoms with Crippen LogP contribution in [-0.4, -0.2) is 49.2 Å². The Hall–Kier alpha value is -1.81. The summed E-state index contributed by atoms with van der Waals surface area (Å²) in [5.74, 6) is -0.917. The van der Waals surface area contributed by atoms with Gasteiger partial charge in [0.2, 0.25) is 0 Å². The van der Waals surface area contributed by atoms with Crippen LogP contribution in [0.1, 0.15) is 18.4 Å². The van der Waals surface area contributed by atoms with Crippen molar-refractivity contribution in [3.63, 3.8) is 0 Å². The maximum Gasteiger partial charge on any atom is 0.328 e. The highest BCUT2D eigenvalue weighted by Gasteiger charge is 2.22. The first-order valence-electron chi connectivity index (χ1n) is 6.99. The third-order valence-corrected chi connectivity index (χ3v) is 3.87. The quantitative estimate of drug-likeness (QED) is 0.856. The van der Waals surface area contributed by atoms with Crippen LogP contribution in [0.4, 0.5) is 5.69 Å². The molecule has 1 fully saturated rings. The van der Waals surface area contributed by atoms with E-state index in [1.165, 1.54) is 18.9 Å². The number of nitrogens with zero attached hydrogens (tertiary/aromatic N) is 2. The second-order valence-corrected chi connectivity index (χ2v) is 5.40. The van der Waals surface area contributed by atoms with Gasteiger partial charge in [-0.1, -0.05) is 18.2 Å². The fourth-order valence-electron chi connectivity index (χ4n) is 2.76. The van der Waals surface area contributed by atoms with Gasteiger partial charge in [0.25, 0.3) is 0 Å². The van der Waals surface area contributed by atoms with E-state index >= 15 is 0 Å². The Morgan fingerprint density at radius 3 is 2.90 bits per heavy atom. The highest BCUT2D eigenvalue weighted by atomic mass is 16.4. The van der Waals surface area contributed by atoms with Gasteiger partial charge in [-0.15, -0.1) is 0 Å². The van der Waals surface area contributed by atoms with Gasteiger partial charge in [-0.05, 0) is 44.1 Å². The van der Waals surface area contributed by atoms with Crippen molar-refractivity contribution < 1.29 is 9.90 Å². The normalized spacial score (nSPS) is 20.2. The summed E-state index contributed by atoms with van der Waals surface area (Å²) in [7, 11) is 4.24. The number of carbonyl (C=O) groups is 1. The van der Waals surface area contributed by atoms with E-state index in [0.717, 1.165) is 24.3 Å². The zero-order chi connectivity index (χ0) is 14.5. The third-order valence-electron chi connectivity index (χ3n) is 3.87. The highest BCUT2D eigenvalue weighted by Crippen LogP contribution is 2.25. The number of likely N-dealkylation sites (N-methyl/N-ethyl adjacent to an activating group) is 2. The van der Waals surface area contributed by atoms with Gasteiger partial charge < -0.3 is 14.9 Å². The summed E-state index contributed by atoms with van der Waals surface area (Å²) in [6.45, 7) is 2.21. The molecule has 0 aromatic heterocycles. The van der Waals surface area contributed by atoms with Crippen molar-refractivity contribution >= 4 is 17.7 Å². The zero-order valence-corrected chi connectivity index (χ0v) is 12.1. The number of hydrogen-bond acceptors (Lipinski definition) is 3. The molecular formula is C16H22N2O2. The highest BCUT2D eigenvalue weighted by molar-refractivity contribution is 5.87. The number of likely N-dealkylation sites (tertiary alicyclic amines) is 1. The summed E-state index contributed by atoms with van der Waals surface area (Å²) in [5, 5.41) is 8.78. The van der Waals surface area contributed by atoms with Crippen molar-refractivity contribution in [1.29, 1.82) is 0 Å². The molecule has 0 radical (unpaired) electrons. The number of anilines is 1. The van der Waals surface area contributed by atoms with Gasteiger partial charge in [-0.25, -0.2) is 4.79 Å². The Balaban J connectivity index is 2.20. The second-order valence-electron chi connectivity index (χ2n) is 5.40. The van der Waals surface area contributed by atoms with E-state index in [2.05, 4.69) is 30.0 Å². The molecule has 0 saturated carbocycles. The molecule has 4 nitrogen and oxygen atoms in total. The monoisotopic (exact) mass is 274 g/mol.